The topological polar surface area (TPSA) is 58.4 Å². The molecule has 0 aliphatic carbocycles. The van der Waals surface area contributed by atoms with Gasteiger partial charge in [-0.15, -0.1) is 0 Å². The third kappa shape index (κ3) is 4.25. The summed E-state index contributed by atoms with van der Waals surface area (Å²) in [5, 5.41) is 2.82. The van der Waals surface area contributed by atoms with Crippen LogP contribution >= 0.6 is 0 Å². The van der Waals surface area contributed by atoms with Crippen molar-refractivity contribution in [3.8, 4) is 0 Å². The first-order chi connectivity index (χ1) is 9.51. The molecule has 0 aliphatic heterocycles. The Morgan fingerprint density at radius 2 is 1.85 bits per heavy atom. The molecule has 0 saturated heterocycles. The maximum Gasteiger partial charge on any atom is 0.239 e. The quantitative estimate of drug-likeness (QED) is 0.759. The molecule has 0 saturated carbocycles. The van der Waals surface area contributed by atoms with Gasteiger partial charge >= 0.3 is 0 Å². The van der Waals surface area contributed by atoms with Crippen molar-refractivity contribution >= 4 is 5.91 Å². The van der Waals surface area contributed by atoms with Gasteiger partial charge in [0.05, 0.1) is 0 Å². The van der Waals surface area contributed by atoms with E-state index in [1.165, 1.54) is 6.07 Å². The van der Waals surface area contributed by atoms with Crippen LogP contribution in [0.15, 0.2) is 18.2 Å². The predicted octanol–water partition coefficient (Wildman–Crippen LogP) is 1.42. The fourth-order valence-electron chi connectivity index (χ4n) is 2.04. The summed E-state index contributed by atoms with van der Waals surface area (Å²) in [5.74, 6) is -2.35. The lowest BCUT2D eigenvalue weighted by molar-refractivity contribution is -0.120. The Morgan fingerprint density at radius 1 is 1.30 bits per heavy atom. The molecule has 20 heavy (non-hydrogen) atoms. The number of amides is 1. The summed E-state index contributed by atoms with van der Waals surface area (Å²) in [6.07, 6.45) is 0. The van der Waals surface area contributed by atoms with Crippen molar-refractivity contribution in [1.82, 2.24) is 10.2 Å². The van der Waals surface area contributed by atoms with Crippen LogP contribution in [-0.2, 0) is 4.79 Å². The van der Waals surface area contributed by atoms with E-state index >= 15 is 0 Å². The highest BCUT2D eigenvalue weighted by Gasteiger charge is 2.24. The predicted molar refractivity (Wildman–Crippen MR) is 74.1 cm³/mol. The number of carbonyl (C=O) groups excluding carboxylic acids is 1. The number of nitrogens with zero attached hydrogens (tertiary/aromatic N) is 1. The summed E-state index contributed by atoms with van der Waals surface area (Å²) in [6, 6.07) is 2.31. The van der Waals surface area contributed by atoms with E-state index in [9.17, 15) is 13.6 Å². The number of hydrogen-bond acceptors (Lipinski definition) is 3. The van der Waals surface area contributed by atoms with E-state index in [2.05, 4.69) is 10.2 Å². The van der Waals surface area contributed by atoms with Crippen LogP contribution in [0.1, 0.15) is 25.5 Å². The number of hydrogen-bond donors (Lipinski definition) is 2. The fourth-order valence-corrected chi connectivity index (χ4v) is 2.04. The Balaban J connectivity index is 2.78. The Bertz CT molecular complexity index is 430. The van der Waals surface area contributed by atoms with Crippen LogP contribution in [0.2, 0.25) is 0 Å². The summed E-state index contributed by atoms with van der Waals surface area (Å²) >= 11 is 0. The summed E-state index contributed by atoms with van der Waals surface area (Å²) in [7, 11) is 0. The number of likely N-dealkylation sites (N-methyl/N-ethyl adjacent to an activating group) is 1. The van der Waals surface area contributed by atoms with Crippen molar-refractivity contribution in [3.63, 3.8) is 0 Å². The molecule has 1 atom stereocenters. The summed E-state index contributed by atoms with van der Waals surface area (Å²) in [6.45, 7) is 6.87. The van der Waals surface area contributed by atoms with Crippen LogP contribution in [-0.4, -0.2) is 37.0 Å². The van der Waals surface area contributed by atoms with Crippen molar-refractivity contribution < 1.29 is 13.6 Å². The third-order valence-electron chi connectivity index (χ3n) is 3.24. The second-order valence-electron chi connectivity index (χ2n) is 4.45. The normalized spacial score (nSPS) is 12.7. The van der Waals surface area contributed by atoms with Gasteiger partial charge in [-0.1, -0.05) is 19.9 Å². The van der Waals surface area contributed by atoms with E-state index in [1.807, 2.05) is 13.8 Å². The molecule has 0 spiro atoms. The molecule has 1 unspecified atom stereocenters. The van der Waals surface area contributed by atoms with Gasteiger partial charge in [0, 0.05) is 18.7 Å². The zero-order valence-corrected chi connectivity index (χ0v) is 11.8. The molecule has 0 radical (unpaired) electrons. The van der Waals surface area contributed by atoms with Gasteiger partial charge in [0.1, 0.15) is 17.7 Å². The summed E-state index contributed by atoms with van der Waals surface area (Å²) in [4.78, 5) is 13.6. The molecule has 112 valence electrons. The molecule has 0 aromatic heterocycles. The lowest BCUT2D eigenvalue weighted by Crippen LogP contribution is -2.39. The van der Waals surface area contributed by atoms with Crippen molar-refractivity contribution in [2.75, 3.05) is 26.2 Å². The highest BCUT2D eigenvalue weighted by Crippen LogP contribution is 2.20. The smallest absolute Gasteiger partial charge is 0.239 e. The fraction of sp³-hybridized carbons (Fsp3) is 0.500. The number of halogens is 2. The van der Waals surface area contributed by atoms with Gasteiger partial charge in [0.25, 0.3) is 0 Å². The van der Waals surface area contributed by atoms with Crippen LogP contribution in [0, 0.1) is 11.6 Å². The number of nitrogens with one attached hydrogen (secondary N) is 1. The van der Waals surface area contributed by atoms with E-state index in [-0.39, 0.29) is 5.56 Å². The maximum atomic E-state index is 13.7. The maximum absolute atomic E-state index is 13.7. The SMILES string of the molecule is CCN(CC)CCNC(C(N)=O)c1c(F)cccc1F. The Kier molecular flexibility index (Phi) is 6.54. The molecule has 3 N–H and O–H groups in total. The van der Waals surface area contributed by atoms with E-state index < -0.39 is 23.6 Å². The molecule has 0 fully saturated rings. The number of rotatable bonds is 8. The van der Waals surface area contributed by atoms with Gasteiger partial charge in [-0.05, 0) is 25.2 Å². The monoisotopic (exact) mass is 285 g/mol. The molecule has 1 rings (SSSR count). The lowest BCUT2D eigenvalue weighted by atomic mass is 10.0. The first-order valence-electron chi connectivity index (χ1n) is 6.70. The molecule has 1 aromatic carbocycles. The van der Waals surface area contributed by atoms with Gasteiger partial charge in [0.2, 0.25) is 5.91 Å². The molecule has 0 aliphatic rings. The minimum absolute atomic E-state index is 0.320. The third-order valence-corrected chi connectivity index (χ3v) is 3.24. The number of carbonyl (C=O) groups is 1. The van der Waals surface area contributed by atoms with Crippen LogP contribution in [0.3, 0.4) is 0 Å². The zero-order valence-electron chi connectivity index (χ0n) is 11.8. The van der Waals surface area contributed by atoms with Gasteiger partial charge < -0.3 is 16.0 Å². The molecule has 0 bridgehead atoms. The largest absolute Gasteiger partial charge is 0.368 e. The lowest BCUT2D eigenvalue weighted by Gasteiger charge is -2.21. The molecule has 4 nitrogen and oxygen atoms in total. The average molecular weight is 285 g/mol. The second-order valence-corrected chi connectivity index (χ2v) is 4.45. The number of primary amides is 1. The minimum atomic E-state index is -1.16. The first-order valence-corrected chi connectivity index (χ1v) is 6.70. The van der Waals surface area contributed by atoms with Gasteiger partial charge in [0.15, 0.2) is 0 Å². The van der Waals surface area contributed by atoms with Crippen LogP contribution in [0.4, 0.5) is 8.78 Å². The van der Waals surface area contributed by atoms with Gasteiger partial charge in [-0.2, -0.15) is 0 Å². The molecular weight excluding hydrogens is 264 g/mol. The van der Waals surface area contributed by atoms with Crippen LogP contribution < -0.4 is 11.1 Å². The zero-order chi connectivity index (χ0) is 15.1. The molecule has 1 aromatic rings. The molecule has 0 heterocycles. The summed E-state index contributed by atoms with van der Waals surface area (Å²) in [5.41, 5.74) is 4.92. The Labute approximate surface area is 117 Å². The summed E-state index contributed by atoms with van der Waals surface area (Å²) < 4.78 is 27.4. The van der Waals surface area contributed by atoms with E-state index in [0.717, 1.165) is 25.2 Å². The first kappa shape index (κ1) is 16.5. The number of nitrogens with two attached hydrogens (primary N) is 1. The Hall–Kier alpha value is -1.53. The van der Waals surface area contributed by atoms with Crippen molar-refractivity contribution in [1.29, 1.82) is 0 Å². The van der Waals surface area contributed by atoms with E-state index in [0.29, 0.717) is 13.1 Å². The van der Waals surface area contributed by atoms with E-state index in [4.69, 9.17) is 5.73 Å². The van der Waals surface area contributed by atoms with Crippen molar-refractivity contribution in [2.45, 2.75) is 19.9 Å². The average Bonchev–Trinajstić information content (AvgIpc) is 2.41. The van der Waals surface area contributed by atoms with Crippen LogP contribution in [0.5, 0.6) is 0 Å². The van der Waals surface area contributed by atoms with E-state index in [1.54, 1.807) is 0 Å². The Morgan fingerprint density at radius 3 is 2.30 bits per heavy atom. The van der Waals surface area contributed by atoms with Crippen molar-refractivity contribution in [3.05, 3.63) is 35.4 Å². The molecular formula is C14H21F2N3O. The second kappa shape index (κ2) is 7.91. The minimum Gasteiger partial charge on any atom is -0.368 e. The van der Waals surface area contributed by atoms with Crippen molar-refractivity contribution in [2.24, 2.45) is 5.73 Å². The standard InChI is InChI=1S/C14H21F2N3O/c1-3-19(4-2)9-8-18-13(14(17)20)12-10(15)6-5-7-11(12)16/h5-7,13,18H,3-4,8-9H2,1-2H3,(H2,17,20). The molecule has 6 heteroatoms. The molecule has 1 amide bonds. The van der Waals surface area contributed by atoms with Gasteiger partial charge in [-0.3, -0.25) is 4.79 Å². The highest BCUT2D eigenvalue weighted by molar-refractivity contribution is 5.81. The number of benzene rings is 1. The van der Waals surface area contributed by atoms with Crippen LogP contribution in [0.25, 0.3) is 0 Å². The highest BCUT2D eigenvalue weighted by atomic mass is 19.1. The van der Waals surface area contributed by atoms with Gasteiger partial charge in [-0.25, -0.2) is 8.78 Å².